The van der Waals surface area contributed by atoms with Crippen molar-refractivity contribution < 1.29 is 26.3 Å². The van der Waals surface area contributed by atoms with Crippen molar-refractivity contribution in [3.63, 3.8) is 0 Å². The molecule has 0 saturated heterocycles. The Labute approximate surface area is 259 Å². The van der Waals surface area contributed by atoms with Gasteiger partial charge >= 0.3 is 12.4 Å². The number of fused-ring (bicyclic) bond motifs is 2. The number of para-hydroxylation sites is 1. The summed E-state index contributed by atoms with van der Waals surface area (Å²) in [7, 11) is 0. The van der Waals surface area contributed by atoms with Crippen LogP contribution < -0.4 is 0 Å². The lowest BCUT2D eigenvalue weighted by Crippen LogP contribution is -2.11. The van der Waals surface area contributed by atoms with Crippen LogP contribution in [0.1, 0.15) is 11.1 Å². The molecule has 0 bridgehead atoms. The van der Waals surface area contributed by atoms with Crippen molar-refractivity contribution in [1.29, 1.82) is 0 Å². The Morgan fingerprint density at radius 2 is 0.783 bits per heavy atom. The van der Waals surface area contributed by atoms with Gasteiger partial charge in [-0.25, -0.2) is 0 Å². The molecule has 0 spiro atoms. The van der Waals surface area contributed by atoms with Crippen LogP contribution in [0, 0.1) is 0 Å². The lowest BCUT2D eigenvalue weighted by atomic mass is 9.96. The van der Waals surface area contributed by atoms with E-state index in [2.05, 4.69) is 28.2 Å². The van der Waals surface area contributed by atoms with Gasteiger partial charge in [-0.2, -0.15) is 26.3 Å². The minimum atomic E-state index is -4.91. The molecule has 7 aromatic rings. The highest BCUT2D eigenvalue weighted by Gasteiger charge is 2.37. The van der Waals surface area contributed by atoms with Crippen LogP contribution in [-0.4, -0.2) is 9.97 Å². The van der Waals surface area contributed by atoms with Crippen LogP contribution in [-0.2, 0) is 12.4 Å². The van der Waals surface area contributed by atoms with Crippen molar-refractivity contribution in [2.45, 2.75) is 12.4 Å². The molecule has 8 heteroatoms. The minimum Gasteiger partial charge on any atom is -0.256 e. The van der Waals surface area contributed by atoms with Crippen LogP contribution >= 0.6 is 0 Å². The Morgan fingerprint density at radius 3 is 1.33 bits per heavy atom. The van der Waals surface area contributed by atoms with Gasteiger partial charge in [0.15, 0.2) is 0 Å². The van der Waals surface area contributed by atoms with Crippen molar-refractivity contribution in [3.8, 4) is 44.5 Å². The Balaban J connectivity index is 1.13. The Morgan fingerprint density at radius 1 is 0.348 bits per heavy atom. The van der Waals surface area contributed by atoms with E-state index in [1.54, 1.807) is 18.3 Å². The fourth-order valence-corrected chi connectivity index (χ4v) is 5.52. The summed E-state index contributed by atoms with van der Waals surface area (Å²) in [4.78, 5) is 9.22. The summed E-state index contributed by atoms with van der Waals surface area (Å²) in [6.45, 7) is 0. The molecule has 2 nitrogen and oxygen atoms in total. The highest BCUT2D eigenvalue weighted by atomic mass is 19.4. The standard InChI is InChI=1S/C38H22F6N2/c39-37(40,41)33-17-30(18-34(20-33)38(42,43)44)24-7-5-23(6-8-24)27-13-14-29-16-32(22-46-36(29)19-27)26-11-9-25(10-12-26)31-15-28-3-1-2-4-35(28)45-21-31/h1-22H. The summed E-state index contributed by atoms with van der Waals surface area (Å²) in [5, 5.41) is 2.00. The first-order valence-electron chi connectivity index (χ1n) is 14.3. The minimum absolute atomic E-state index is 0.129. The number of rotatable bonds is 4. The van der Waals surface area contributed by atoms with Gasteiger partial charge in [-0.15, -0.1) is 0 Å². The number of pyridine rings is 2. The van der Waals surface area contributed by atoms with Crippen molar-refractivity contribution in [2.75, 3.05) is 0 Å². The van der Waals surface area contributed by atoms with Crippen LogP contribution in [0.2, 0.25) is 0 Å². The van der Waals surface area contributed by atoms with E-state index < -0.39 is 23.5 Å². The summed E-state index contributed by atoms with van der Waals surface area (Å²) < 4.78 is 80.0. The van der Waals surface area contributed by atoms with E-state index in [4.69, 9.17) is 0 Å². The molecule has 226 valence electrons. The average molecular weight is 621 g/mol. The van der Waals surface area contributed by atoms with E-state index in [1.807, 2.05) is 66.9 Å². The van der Waals surface area contributed by atoms with Gasteiger partial charge in [-0.3, -0.25) is 9.97 Å². The molecule has 7 rings (SSSR count). The van der Waals surface area contributed by atoms with Crippen LogP contribution in [0.25, 0.3) is 66.3 Å². The van der Waals surface area contributed by atoms with E-state index >= 15 is 0 Å². The third kappa shape index (κ3) is 5.81. The maximum Gasteiger partial charge on any atom is 0.416 e. The van der Waals surface area contributed by atoms with E-state index in [-0.39, 0.29) is 17.2 Å². The predicted octanol–water partition coefficient (Wildman–Crippen LogP) is 11.5. The summed E-state index contributed by atoms with van der Waals surface area (Å²) in [5.41, 5.74) is 4.69. The second kappa shape index (κ2) is 11.1. The third-order valence-corrected chi connectivity index (χ3v) is 7.97. The first-order valence-corrected chi connectivity index (χ1v) is 14.3. The molecular weight excluding hydrogens is 598 g/mol. The van der Waals surface area contributed by atoms with Gasteiger partial charge in [0.05, 0.1) is 22.2 Å². The predicted molar refractivity (Wildman–Crippen MR) is 169 cm³/mol. The molecule has 46 heavy (non-hydrogen) atoms. The fraction of sp³-hybridized carbons (Fsp3) is 0.0526. The molecule has 0 aliphatic heterocycles. The van der Waals surface area contributed by atoms with Gasteiger partial charge in [0.2, 0.25) is 0 Å². The fourth-order valence-electron chi connectivity index (χ4n) is 5.52. The van der Waals surface area contributed by atoms with Gasteiger partial charge in [0.1, 0.15) is 0 Å². The first kappa shape index (κ1) is 29.2. The number of alkyl halides is 6. The monoisotopic (exact) mass is 620 g/mol. The van der Waals surface area contributed by atoms with Crippen LogP contribution in [0.3, 0.4) is 0 Å². The largest absolute Gasteiger partial charge is 0.416 e. The molecule has 5 aromatic carbocycles. The SMILES string of the molecule is FC(F)(F)c1cc(-c2ccc(-c3ccc4cc(-c5ccc(-c6cnc7ccccc7c6)cc5)cnc4c3)cc2)cc(C(F)(F)F)c1. The second-order valence-corrected chi connectivity index (χ2v) is 11.0. The Kier molecular flexibility index (Phi) is 7.08. The van der Waals surface area contributed by atoms with Crippen molar-refractivity contribution in [3.05, 3.63) is 145 Å². The van der Waals surface area contributed by atoms with Crippen molar-refractivity contribution >= 4 is 21.8 Å². The average Bonchev–Trinajstić information content (AvgIpc) is 3.07. The zero-order valence-corrected chi connectivity index (χ0v) is 23.9. The molecule has 2 heterocycles. The van der Waals surface area contributed by atoms with E-state index in [9.17, 15) is 26.3 Å². The lowest BCUT2D eigenvalue weighted by molar-refractivity contribution is -0.143. The topological polar surface area (TPSA) is 25.8 Å². The number of aromatic nitrogens is 2. The summed E-state index contributed by atoms with van der Waals surface area (Å²) in [5.74, 6) is 0. The number of benzene rings is 5. The quantitative estimate of drug-likeness (QED) is 0.183. The highest BCUT2D eigenvalue weighted by Crippen LogP contribution is 2.39. The van der Waals surface area contributed by atoms with Crippen molar-refractivity contribution in [1.82, 2.24) is 9.97 Å². The molecule has 0 aliphatic rings. The van der Waals surface area contributed by atoms with Crippen molar-refractivity contribution in [2.24, 2.45) is 0 Å². The summed E-state index contributed by atoms with van der Waals surface area (Å²) in [6.07, 6.45) is -6.15. The zero-order chi connectivity index (χ0) is 32.1. The number of halogens is 6. The molecule has 0 fully saturated rings. The summed E-state index contributed by atoms with van der Waals surface area (Å²) in [6, 6.07) is 34.1. The molecule has 0 N–H and O–H groups in total. The Hall–Kier alpha value is -5.50. The molecule has 0 atom stereocenters. The van der Waals surface area contributed by atoms with Crippen LogP contribution in [0.5, 0.6) is 0 Å². The van der Waals surface area contributed by atoms with Crippen LogP contribution in [0.4, 0.5) is 26.3 Å². The highest BCUT2D eigenvalue weighted by molar-refractivity contribution is 5.88. The molecule has 0 radical (unpaired) electrons. The van der Waals surface area contributed by atoms with Gasteiger partial charge < -0.3 is 0 Å². The molecule has 0 saturated carbocycles. The zero-order valence-electron chi connectivity index (χ0n) is 23.9. The summed E-state index contributed by atoms with van der Waals surface area (Å²) >= 11 is 0. The molecular formula is C38H22F6N2. The maximum atomic E-state index is 13.3. The molecule has 0 aliphatic carbocycles. The normalized spacial score (nSPS) is 12.1. The van der Waals surface area contributed by atoms with Gasteiger partial charge in [0.25, 0.3) is 0 Å². The Bertz CT molecular complexity index is 2190. The van der Waals surface area contributed by atoms with Gasteiger partial charge in [0, 0.05) is 34.3 Å². The number of hydrogen-bond acceptors (Lipinski definition) is 2. The number of nitrogens with zero attached hydrogens (tertiary/aromatic N) is 2. The lowest BCUT2D eigenvalue weighted by Gasteiger charge is -2.14. The smallest absolute Gasteiger partial charge is 0.256 e. The molecule has 0 unspecified atom stereocenters. The van der Waals surface area contributed by atoms with E-state index in [1.165, 1.54) is 12.1 Å². The van der Waals surface area contributed by atoms with Gasteiger partial charge in [-0.05, 0) is 75.8 Å². The first-order chi connectivity index (χ1) is 22.0. The van der Waals surface area contributed by atoms with Crippen LogP contribution in [0.15, 0.2) is 134 Å². The molecule has 0 amide bonds. The van der Waals surface area contributed by atoms with Gasteiger partial charge in [-0.1, -0.05) is 78.9 Å². The maximum absolute atomic E-state index is 13.3. The third-order valence-electron chi connectivity index (χ3n) is 7.97. The van der Waals surface area contributed by atoms with E-state index in [0.29, 0.717) is 0 Å². The van der Waals surface area contributed by atoms with E-state index in [0.717, 1.165) is 67.3 Å². The second-order valence-electron chi connectivity index (χ2n) is 11.0. The number of hydrogen-bond donors (Lipinski definition) is 0. The molecule has 2 aromatic heterocycles.